The number of methoxy groups -OCH3 is 1. The molecule has 0 radical (unpaired) electrons. The first-order valence-electron chi connectivity index (χ1n) is 6.86. The fourth-order valence-electron chi connectivity index (χ4n) is 2.55. The molecule has 0 saturated carbocycles. The van der Waals surface area contributed by atoms with Crippen molar-refractivity contribution in [3.63, 3.8) is 0 Å². The molecule has 1 aliphatic rings. The minimum Gasteiger partial charge on any atom is -0.377 e. The first-order chi connectivity index (χ1) is 9.82. The molecule has 1 atom stereocenters. The average Bonchev–Trinajstić information content (AvgIpc) is 2.47. The Kier molecular flexibility index (Phi) is 4.67. The highest BCUT2D eigenvalue weighted by Crippen LogP contribution is 2.28. The van der Waals surface area contributed by atoms with Crippen LogP contribution in [0.15, 0.2) is 23.1 Å². The number of halogens is 1. The van der Waals surface area contributed by atoms with Gasteiger partial charge in [0.2, 0.25) is 10.0 Å². The highest BCUT2D eigenvalue weighted by molar-refractivity contribution is 7.89. The van der Waals surface area contributed by atoms with Crippen molar-refractivity contribution in [1.82, 2.24) is 4.31 Å². The number of hydrogen-bond acceptors (Lipinski definition) is 4. The van der Waals surface area contributed by atoms with Gasteiger partial charge in [-0.2, -0.15) is 4.31 Å². The third-order valence-electron chi connectivity index (χ3n) is 3.99. The fraction of sp³-hybridized carbons (Fsp3) is 0.571. The molecule has 118 valence electrons. The van der Waals surface area contributed by atoms with Crippen molar-refractivity contribution in [3.8, 4) is 0 Å². The molecule has 1 aliphatic heterocycles. The number of hydrogen-bond donors (Lipinski definition) is 1. The summed E-state index contributed by atoms with van der Waals surface area (Å²) in [5.41, 5.74) is 5.15. The van der Waals surface area contributed by atoms with Gasteiger partial charge in [-0.05, 0) is 38.0 Å². The van der Waals surface area contributed by atoms with E-state index in [0.29, 0.717) is 13.1 Å². The van der Waals surface area contributed by atoms with Crippen LogP contribution >= 0.6 is 0 Å². The summed E-state index contributed by atoms with van der Waals surface area (Å²) in [6.07, 6.45) is 1.54. The smallest absolute Gasteiger partial charge is 0.243 e. The Labute approximate surface area is 124 Å². The summed E-state index contributed by atoms with van der Waals surface area (Å²) in [5.74, 6) is -0.489. The minimum absolute atomic E-state index is 0.0367. The lowest BCUT2D eigenvalue weighted by molar-refractivity contribution is -0.0319. The van der Waals surface area contributed by atoms with Crippen molar-refractivity contribution >= 4 is 10.0 Å². The van der Waals surface area contributed by atoms with Gasteiger partial charge in [0, 0.05) is 32.3 Å². The molecule has 1 heterocycles. The third kappa shape index (κ3) is 3.26. The molecule has 1 saturated heterocycles. The molecule has 0 bridgehead atoms. The molecule has 0 aromatic heterocycles. The fourth-order valence-corrected chi connectivity index (χ4v) is 4.19. The van der Waals surface area contributed by atoms with Gasteiger partial charge in [0.15, 0.2) is 0 Å². The predicted octanol–water partition coefficient (Wildman–Crippen LogP) is 1.47. The zero-order valence-corrected chi connectivity index (χ0v) is 13.1. The first kappa shape index (κ1) is 16.4. The van der Waals surface area contributed by atoms with Gasteiger partial charge in [-0.3, -0.25) is 0 Å². The van der Waals surface area contributed by atoms with Crippen LogP contribution in [-0.2, 0) is 21.3 Å². The Bertz CT molecular complexity index is 621. The standard InChI is InChI=1S/C14H21FN2O3S/c1-14(20-2)6-3-7-17(10-14)21(18,19)12-4-5-13(15)11(8-12)9-16/h4-5,8H,3,6-7,9-10,16H2,1-2H3. The van der Waals surface area contributed by atoms with Crippen molar-refractivity contribution in [3.05, 3.63) is 29.6 Å². The monoisotopic (exact) mass is 316 g/mol. The van der Waals surface area contributed by atoms with Gasteiger partial charge in [0.1, 0.15) is 5.82 Å². The molecule has 7 heteroatoms. The van der Waals surface area contributed by atoms with Crippen LogP contribution in [0.5, 0.6) is 0 Å². The highest BCUT2D eigenvalue weighted by atomic mass is 32.2. The molecule has 0 spiro atoms. The number of benzene rings is 1. The third-order valence-corrected chi connectivity index (χ3v) is 5.83. The van der Waals surface area contributed by atoms with Crippen molar-refractivity contribution < 1.29 is 17.5 Å². The summed E-state index contributed by atoms with van der Waals surface area (Å²) < 4.78 is 45.6. The Morgan fingerprint density at radius 2 is 2.19 bits per heavy atom. The van der Waals surface area contributed by atoms with Gasteiger partial charge in [0.05, 0.1) is 10.5 Å². The van der Waals surface area contributed by atoms with Crippen LogP contribution in [-0.4, -0.2) is 38.5 Å². The van der Waals surface area contributed by atoms with Gasteiger partial charge in [-0.15, -0.1) is 0 Å². The number of rotatable bonds is 4. The van der Waals surface area contributed by atoms with E-state index in [1.54, 1.807) is 7.11 Å². The predicted molar refractivity (Wildman–Crippen MR) is 77.7 cm³/mol. The minimum atomic E-state index is -3.66. The average molecular weight is 316 g/mol. The molecule has 1 aromatic carbocycles. The van der Waals surface area contributed by atoms with Crippen LogP contribution in [0.4, 0.5) is 4.39 Å². The maximum Gasteiger partial charge on any atom is 0.243 e. The van der Waals surface area contributed by atoms with Gasteiger partial charge < -0.3 is 10.5 Å². The highest BCUT2D eigenvalue weighted by Gasteiger charge is 2.37. The molecular formula is C14H21FN2O3S. The quantitative estimate of drug-likeness (QED) is 0.913. The van der Waals surface area contributed by atoms with Crippen LogP contribution in [0.25, 0.3) is 0 Å². The summed E-state index contributed by atoms with van der Waals surface area (Å²) in [7, 11) is -2.08. The van der Waals surface area contributed by atoms with E-state index in [4.69, 9.17) is 10.5 Å². The second kappa shape index (κ2) is 6.00. The van der Waals surface area contributed by atoms with E-state index < -0.39 is 21.4 Å². The van der Waals surface area contributed by atoms with Crippen molar-refractivity contribution in [2.24, 2.45) is 5.73 Å². The molecule has 1 fully saturated rings. The number of nitrogens with two attached hydrogens (primary N) is 1. The topological polar surface area (TPSA) is 72.6 Å². The summed E-state index contributed by atoms with van der Waals surface area (Å²) in [5, 5.41) is 0. The lowest BCUT2D eigenvalue weighted by atomic mass is 9.96. The van der Waals surface area contributed by atoms with E-state index in [2.05, 4.69) is 0 Å². The number of ether oxygens (including phenoxy) is 1. The van der Waals surface area contributed by atoms with Gasteiger partial charge in [-0.25, -0.2) is 12.8 Å². The molecular weight excluding hydrogens is 295 g/mol. The molecule has 21 heavy (non-hydrogen) atoms. The molecule has 2 N–H and O–H groups in total. The molecule has 1 aromatic rings. The zero-order valence-electron chi connectivity index (χ0n) is 12.3. The summed E-state index contributed by atoms with van der Waals surface area (Å²) in [6.45, 7) is 2.59. The second-order valence-corrected chi connectivity index (χ2v) is 7.49. The van der Waals surface area contributed by atoms with Crippen LogP contribution in [0, 0.1) is 5.82 Å². The van der Waals surface area contributed by atoms with Gasteiger partial charge in [-0.1, -0.05) is 0 Å². The Hall–Kier alpha value is -1.02. The maximum atomic E-state index is 13.5. The summed E-state index contributed by atoms with van der Waals surface area (Å²) in [6, 6.07) is 3.74. The summed E-state index contributed by atoms with van der Waals surface area (Å²) in [4.78, 5) is 0.0738. The van der Waals surface area contributed by atoms with E-state index in [1.165, 1.54) is 16.4 Å². The normalized spacial score (nSPS) is 24.2. The van der Waals surface area contributed by atoms with Crippen LogP contribution in [0.1, 0.15) is 25.3 Å². The van der Waals surface area contributed by atoms with Gasteiger partial charge >= 0.3 is 0 Å². The SMILES string of the molecule is COC1(C)CCCN(S(=O)(=O)c2ccc(F)c(CN)c2)C1. The van der Waals surface area contributed by atoms with Crippen LogP contribution in [0.3, 0.4) is 0 Å². The van der Waals surface area contributed by atoms with Crippen LogP contribution < -0.4 is 5.73 Å². The van der Waals surface area contributed by atoms with Crippen LogP contribution in [0.2, 0.25) is 0 Å². The first-order valence-corrected chi connectivity index (χ1v) is 8.30. The molecule has 5 nitrogen and oxygen atoms in total. The Morgan fingerprint density at radius 1 is 1.48 bits per heavy atom. The lowest BCUT2D eigenvalue weighted by Gasteiger charge is -2.38. The number of nitrogens with zero attached hydrogens (tertiary/aromatic N) is 1. The van der Waals surface area contributed by atoms with E-state index in [-0.39, 0.29) is 17.0 Å². The molecule has 0 amide bonds. The molecule has 0 aliphatic carbocycles. The van der Waals surface area contributed by atoms with E-state index in [9.17, 15) is 12.8 Å². The zero-order chi connectivity index (χ0) is 15.7. The molecule has 1 unspecified atom stereocenters. The Balaban J connectivity index is 2.33. The van der Waals surface area contributed by atoms with E-state index in [1.807, 2.05) is 6.92 Å². The van der Waals surface area contributed by atoms with Gasteiger partial charge in [0.25, 0.3) is 0 Å². The lowest BCUT2D eigenvalue weighted by Crippen LogP contribution is -2.49. The van der Waals surface area contributed by atoms with Crippen molar-refractivity contribution in [1.29, 1.82) is 0 Å². The van der Waals surface area contributed by atoms with E-state index in [0.717, 1.165) is 18.9 Å². The summed E-state index contributed by atoms with van der Waals surface area (Å²) >= 11 is 0. The maximum absolute atomic E-state index is 13.5. The molecule has 2 rings (SSSR count). The number of sulfonamides is 1. The number of piperidine rings is 1. The van der Waals surface area contributed by atoms with E-state index >= 15 is 0 Å². The van der Waals surface area contributed by atoms with Crippen molar-refractivity contribution in [2.45, 2.75) is 36.8 Å². The largest absolute Gasteiger partial charge is 0.377 e. The van der Waals surface area contributed by atoms with Crippen molar-refractivity contribution in [2.75, 3.05) is 20.2 Å². The Morgan fingerprint density at radius 3 is 2.81 bits per heavy atom. The second-order valence-electron chi connectivity index (χ2n) is 5.55.